The van der Waals surface area contributed by atoms with Gasteiger partial charge in [-0.3, -0.25) is 4.98 Å². The van der Waals surface area contributed by atoms with Crippen LogP contribution >= 0.6 is 15.9 Å². The molecule has 0 atom stereocenters. The van der Waals surface area contributed by atoms with Crippen molar-refractivity contribution >= 4 is 21.9 Å². The highest BCUT2D eigenvalue weighted by molar-refractivity contribution is 9.10. The summed E-state index contributed by atoms with van der Waals surface area (Å²) >= 11 is 3.46. The first-order valence-corrected chi connectivity index (χ1v) is 10.7. The maximum Gasteiger partial charge on any atom is 0.332 e. The molecule has 0 aromatic carbocycles. The van der Waals surface area contributed by atoms with Gasteiger partial charge >= 0.3 is 5.97 Å². The Bertz CT molecular complexity index is 638. The summed E-state index contributed by atoms with van der Waals surface area (Å²) in [6.45, 7) is 7.78. The number of rotatable bonds is 4. The van der Waals surface area contributed by atoms with Gasteiger partial charge in [-0.05, 0) is 106 Å². The molecule has 0 amide bonds. The molecule has 150 valence electrons. The van der Waals surface area contributed by atoms with E-state index in [4.69, 9.17) is 9.47 Å². The molecule has 5 nitrogen and oxygen atoms in total. The van der Waals surface area contributed by atoms with Gasteiger partial charge in [-0.25, -0.2) is 4.79 Å². The van der Waals surface area contributed by atoms with Gasteiger partial charge in [0.2, 0.25) is 0 Å². The second-order valence-electron chi connectivity index (χ2n) is 8.98. The number of halogens is 1. The molecule has 1 aromatic rings. The van der Waals surface area contributed by atoms with E-state index in [2.05, 4.69) is 26.2 Å². The van der Waals surface area contributed by atoms with Crippen LogP contribution in [0.4, 0.5) is 0 Å². The van der Waals surface area contributed by atoms with Gasteiger partial charge in [0.15, 0.2) is 0 Å². The van der Waals surface area contributed by atoms with Gasteiger partial charge < -0.3 is 14.8 Å². The average Bonchev–Trinajstić information content (AvgIpc) is 2.62. The summed E-state index contributed by atoms with van der Waals surface area (Å²) in [5, 5.41) is 3.47. The number of esters is 1. The molecule has 1 aliphatic heterocycles. The molecular formula is C21H31BrN2O3. The van der Waals surface area contributed by atoms with Crippen molar-refractivity contribution in [2.45, 2.75) is 70.5 Å². The maximum absolute atomic E-state index is 12.2. The monoisotopic (exact) mass is 438 g/mol. The molecule has 27 heavy (non-hydrogen) atoms. The van der Waals surface area contributed by atoms with E-state index in [0.717, 1.165) is 48.9 Å². The molecule has 0 unspecified atom stereocenters. The Balaban J connectivity index is 1.74. The molecule has 0 radical (unpaired) electrons. The third kappa shape index (κ3) is 5.30. The van der Waals surface area contributed by atoms with Crippen LogP contribution in [-0.2, 0) is 19.9 Å². The van der Waals surface area contributed by atoms with Crippen molar-refractivity contribution in [3.8, 4) is 0 Å². The molecule has 1 saturated heterocycles. The van der Waals surface area contributed by atoms with E-state index in [0.29, 0.717) is 5.41 Å². The molecule has 1 saturated carbocycles. The Morgan fingerprint density at radius 3 is 2.37 bits per heavy atom. The fourth-order valence-corrected chi connectivity index (χ4v) is 4.56. The van der Waals surface area contributed by atoms with Gasteiger partial charge in [0, 0.05) is 10.7 Å². The van der Waals surface area contributed by atoms with Crippen LogP contribution in [0.2, 0.25) is 0 Å². The van der Waals surface area contributed by atoms with Gasteiger partial charge in [-0.2, -0.15) is 0 Å². The molecule has 6 heteroatoms. The van der Waals surface area contributed by atoms with E-state index in [1.165, 1.54) is 12.8 Å². The first-order valence-electron chi connectivity index (χ1n) is 9.91. The number of pyridine rings is 1. The number of nitrogens with zero attached hydrogens (tertiary/aromatic N) is 1. The zero-order chi connectivity index (χ0) is 19.5. The van der Waals surface area contributed by atoms with Crippen LogP contribution in [-0.4, -0.2) is 36.3 Å². The smallest absolute Gasteiger partial charge is 0.332 e. The summed E-state index contributed by atoms with van der Waals surface area (Å²) in [5.74, 6) is -0.318. The van der Waals surface area contributed by atoms with E-state index in [1.54, 1.807) is 0 Å². The Morgan fingerprint density at radius 1 is 1.15 bits per heavy atom. The van der Waals surface area contributed by atoms with Crippen molar-refractivity contribution in [2.75, 3.05) is 19.7 Å². The Morgan fingerprint density at radius 2 is 1.81 bits per heavy atom. The lowest BCUT2D eigenvalue weighted by atomic mass is 9.63. The normalized spacial score (nSPS) is 21.8. The van der Waals surface area contributed by atoms with Crippen LogP contribution in [0.15, 0.2) is 22.8 Å². The lowest BCUT2D eigenvalue weighted by Gasteiger charge is -2.47. The Hall–Kier alpha value is -0.980. The molecule has 3 rings (SSSR count). The third-order valence-corrected chi connectivity index (χ3v) is 6.33. The van der Waals surface area contributed by atoms with E-state index >= 15 is 0 Å². The fraction of sp³-hybridized carbons (Fsp3) is 0.714. The highest BCUT2D eigenvalue weighted by atomic mass is 79.9. The van der Waals surface area contributed by atoms with Gasteiger partial charge in [-0.1, -0.05) is 0 Å². The summed E-state index contributed by atoms with van der Waals surface area (Å²) in [6.07, 6.45) is 8.27. The first kappa shape index (κ1) is 20.7. The second-order valence-corrected chi connectivity index (χ2v) is 9.90. The first-order chi connectivity index (χ1) is 12.7. The predicted molar refractivity (Wildman–Crippen MR) is 108 cm³/mol. The van der Waals surface area contributed by atoms with Crippen molar-refractivity contribution < 1.29 is 14.3 Å². The lowest BCUT2D eigenvalue weighted by Crippen LogP contribution is -2.45. The highest BCUT2D eigenvalue weighted by Gasteiger charge is 2.46. The van der Waals surface area contributed by atoms with Crippen molar-refractivity contribution in [1.29, 1.82) is 0 Å². The molecule has 1 spiro atoms. The van der Waals surface area contributed by atoms with Crippen LogP contribution in [0.25, 0.3) is 0 Å². The average molecular weight is 439 g/mol. The molecule has 1 N–H and O–H groups in total. The zero-order valence-corrected chi connectivity index (χ0v) is 18.2. The molecule has 2 fully saturated rings. The number of aromatic nitrogens is 1. The second kappa shape index (κ2) is 8.18. The van der Waals surface area contributed by atoms with Gasteiger partial charge in [0.1, 0.15) is 17.8 Å². The number of piperidine rings is 1. The van der Waals surface area contributed by atoms with Crippen molar-refractivity contribution in [2.24, 2.45) is 5.41 Å². The van der Waals surface area contributed by atoms with Crippen LogP contribution in [0, 0.1) is 5.41 Å². The molecule has 1 aromatic heterocycles. The summed E-state index contributed by atoms with van der Waals surface area (Å²) in [7, 11) is 0. The van der Waals surface area contributed by atoms with Crippen LogP contribution in [0.1, 0.15) is 65.0 Å². The lowest BCUT2D eigenvalue weighted by molar-refractivity contribution is -0.173. The molecular weight excluding hydrogens is 408 g/mol. The van der Waals surface area contributed by atoms with E-state index < -0.39 is 11.2 Å². The van der Waals surface area contributed by atoms with Crippen LogP contribution < -0.4 is 5.32 Å². The number of hydrogen-bond acceptors (Lipinski definition) is 5. The minimum absolute atomic E-state index is 0.0381. The maximum atomic E-state index is 12.2. The molecule has 2 aliphatic rings. The molecule has 0 bridgehead atoms. The van der Waals surface area contributed by atoms with E-state index in [1.807, 2.05) is 39.1 Å². The van der Waals surface area contributed by atoms with Gasteiger partial charge in [0.05, 0.1) is 5.69 Å². The van der Waals surface area contributed by atoms with Crippen molar-refractivity contribution in [1.82, 2.24) is 10.3 Å². The standard InChI is InChI=1S/C21H31BrN2O3/c1-19(2,3)27-18(25)15-26-21(17-5-4-16(22)14-24-17)8-6-20(7-9-21)10-12-23-13-11-20/h4-5,14,23H,6-13,15H2,1-3H3. The Labute approximate surface area is 170 Å². The van der Waals surface area contributed by atoms with Gasteiger partial charge in [-0.15, -0.1) is 0 Å². The predicted octanol–water partition coefficient (Wildman–Crippen LogP) is 4.34. The minimum Gasteiger partial charge on any atom is -0.458 e. The van der Waals surface area contributed by atoms with E-state index in [9.17, 15) is 4.79 Å². The Kier molecular flexibility index (Phi) is 6.28. The largest absolute Gasteiger partial charge is 0.458 e. The summed E-state index contributed by atoms with van der Waals surface area (Å²) in [4.78, 5) is 16.9. The van der Waals surface area contributed by atoms with Crippen LogP contribution in [0.3, 0.4) is 0 Å². The van der Waals surface area contributed by atoms with E-state index in [-0.39, 0.29) is 12.6 Å². The number of carbonyl (C=O) groups excluding carboxylic acids is 1. The van der Waals surface area contributed by atoms with Crippen molar-refractivity contribution in [3.63, 3.8) is 0 Å². The van der Waals surface area contributed by atoms with Crippen molar-refractivity contribution in [3.05, 3.63) is 28.5 Å². The number of ether oxygens (including phenoxy) is 2. The quantitative estimate of drug-likeness (QED) is 0.708. The summed E-state index contributed by atoms with van der Waals surface area (Å²) < 4.78 is 12.7. The summed E-state index contributed by atoms with van der Waals surface area (Å²) in [5.41, 5.74) is 0.320. The minimum atomic E-state index is -0.506. The van der Waals surface area contributed by atoms with Gasteiger partial charge in [0.25, 0.3) is 0 Å². The van der Waals surface area contributed by atoms with Crippen LogP contribution in [0.5, 0.6) is 0 Å². The summed E-state index contributed by atoms with van der Waals surface area (Å²) in [6, 6.07) is 4.01. The third-order valence-electron chi connectivity index (χ3n) is 5.86. The number of hydrogen-bond donors (Lipinski definition) is 1. The number of carbonyl (C=O) groups is 1. The highest BCUT2D eigenvalue weighted by Crippen LogP contribution is 2.51. The molecule has 1 aliphatic carbocycles. The number of nitrogens with one attached hydrogen (secondary N) is 1. The molecule has 2 heterocycles. The fourth-order valence-electron chi connectivity index (χ4n) is 4.33. The SMILES string of the molecule is CC(C)(C)OC(=O)COC1(c2ccc(Br)cn2)CCC2(CCNCC2)CC1. The topological polar surface area (TPSA) is 60.5 Å². The zero-order valence-electron chi connectivity index (χ0n) is 16.6.